The molecule has 7 nitrogen and oxygen atoms in total. The lowest BCUT2D eigenvalue weighted by molar-refractivity contribution is -0.145. The molecule has 0 saturated heterocycles. The van der Waals surface area contributed by atoms with Gasteiger partial charge in [-0.1, -0.05) is 11.6 Å². The molecule has 26 heavy (non-hydrogen) atoms. The summed E-state index contributed by atoms with van der Waals surface area (Å²) in [5.74, 6) is 0.176. The van der Waals surface area contributed by atoms with Crippen LogP contribution in [0.25, 0.3) is 0 Å². The van der Waals surface area contributed by atoms with Crippen LogP contribution in [0.2, 0.25) is 5.02 Å². The average Bonchev–Trinajstić information content (AvgIpc) is 2.63. The minimum atomic E-state index is -1.72. The van der Waals surface area contributed by atoms with Crippen LogP contribution >= 0.6 is 11.6 Å². The quantitative estimate of drug-likeness (QED) is 0.831. The molecule has 0 aliphatic carbocycles. The highest BCUT2D eigenvalue weighted by molar-refractivity contribution is 6.32. The number of hydrogen-bond acceptors (Lipinski definition) is 5. The molecule has 136 valence electrons. The van der Waals surface area contributed by atoms with Gasteiger partial charge in [-0.25, -0.2) is 4.98 Å². The SMILES string of the molecule is CCN1C(=O)C(C)(C(=O)Nc2ccc(OC)c(Cl)c2)Oc2cccnc21. The molecular formula is C18H18ClN3O4. The van der Waals surface area contributed by atoms with Crippen molar-refractivity contribution < 1.29 is 19.1 Å². The standard InChI is InChI=1S/C18H18ClN3O4/c1-4-22-15-14(6-5-9-20-15)26-18(2,17(22)24)16(23)21-11-7-8-13(25-3)12(19)10-11/h5-10H,4H2,1-3H3,(H,21,23). The third-order valence-electron chi connectivity index (χ3n) is 4.13. The maximum Gasteiger partial charge on any atom is 0.282 e. The minimum absolute atomic E-state index is 0.344. The predicted octanol–water partition coefficient (Wildman–Crippen LogP) is 2.89. The lowest BCUT2D eigenvalue weighted by Crippen LogP contribution is -2.60. The number of hydrogen-bond donors (Lipinski definition) is 1. The third-order valence-corrected chi connectivity index (χ3v) is 4.43. The molecular weight excluding hydrogens is 358 g/mol. The number of rotatable bonds is 4. The number of pyridine rings is 1. The number of benzene rings is 1. The fraction of sp³-hybridized carbons (Fsp3) is 0.278. The van der Waals surface area contributed by atoms with Gasteiger partial charge in [-0.05, 0) is 44.2 Å². The first-order valence-corrected chi connectivity index (χ1v) is 8.39. The van der Waals surface area contributed by atoms with Gasteiger partial charge in [-0.15, -0.1) is 0 Å². The maximum atomic E-state index is 12.9. The molecule has 8 heteroatoms. The molecule has 2 aromatic rings. The molecule has 3 rings (SSSR count). The number of likely N-dealkylation sites (N-methyl/N-ethyl adjacent to an activating group) is 1. The Morgan fingerprint density at radius 1 is 1.42 bits per heavy atom. The molecule has 0 bridgehead atoms. The van der Waals surface area contributed by atoms with E-state index in [0.29, 0.717) is 34.6 Å². The highest BCUT2D eigenvalue weighted by Gasteiger charge is 2.50. The molecule has 1 atom stereocenters. The molecule has 1 unspecified atom stereocenters. The zero-order chi connectivity index (χ0) is 18.9. The highest BCUT2D eigenvalue weighted by atomic mass is 35.5. The lowest BCUT2D eigenvalue weighted by atomic mass is 10.0. The zero-order valence-electron chi connectivity index (χ0n) is 14.6. The van der Waals surface area contributed by atoms with Gasteiger partial charge in [0.25, 0.3) is 17.4 Å². The molecule has 1 aromatic heterocycles. The van der Waals surface area contributed by atoms with E-state index in [-0.39, 0.29) is 0 Å². The normalized spacial score (nSPS) is 18.8. The number of nitrogens with one attached hydrogen (secondary N) is 1. The summed E-state index contributed by atoms with van der Waals surface area (Å²) < 4.78 is 10.8. The van der Waals surface area contributed by atoms with Crippen molar-refractivity contribution in [3.63, 3.8) is 0 Å². The molecule has 2 heterocycles. The monoisotopic (exact) mass is 375 g/mol. The molecule has 1 N–H and O–H groups in total. The summed E-state index contributed by atoms with van der Waals surface area (Å²) in [7, 11) is 1.50. The van der Waals surface area contributed by atoms with Crippen molar-refractivity contribution in [3.8, 4) is 11.5 Å². The largest absolute Gasteiger partial charge is 0.495 e. The average molecular weight is 376 g/mol. The number of ether oxygens (including phenoxy) is 2. The van der Waals surface area contributed by atoms with E-state index >= 15 is 0 Å². The van der Waals surface area contributed by atoms with Crippen molar-refractivity contribution in [2.24, 2.45) is 0 Å². The summed E-state index contributed by atoms with van der Waals surface area (Å²) in [4.78, 5) is 31.4. The number of carbonyl (C=O) groups is 2. The van der Waals surface area contributed by atoms with Gasteiger partial charge < -0.3 is 14.8 Å². The van der Waals surface area contributed by atoms with E-state index in [0.717, 1.165) is 0 Å². The topological polar surface area (TPSA) is 80.8 Å². The molecule has 1 aromatic carbocycles. The van der Waals surface area contributed by atoms with Gasteiger partial charge in [0.2, 0.25) is 0 Å². The van der Waals surface area contributed by atoms with E-state index in [2.05, 4.69) is 10.3 Å². The molecule has 1 aliphatic rings. The van der Waals surface area contributed by atoms with Crippen LogP contribution in [0.5, 0.6) is 11.5 Å². The molecule has 0 spiro atoms. The Hall–Kier alpha value is -2.80. The van der Waals surface area contributed by atoms with Gasteiger partial charge in [0.15, 0.2) is 11.6 Å². The van der Waals surface area contributed by atoms with Crippen molar-refractivity contribution in [2.45, 2.75) is 19.4 Å². The van der Waals surface area contributed by atoms with Gasteiger partial charge in [0, 0.05) is 18.4 Å². The number of nitrogens with zero attached hydrogens (tertiary/aromatic N) is 2. The summed E-state index contributed by atoms with van der Waals surface area (Å²) >= 11 is 6.08. The van der Waals surface area contributed by atoms with Crippen LogP contribution in [0.4, 0.5) is 11.5 Å². The number of fused-ring (bicyclic) bond motifs is 1. The number of methoxy groups -OCH3 is 1. The Morgan fingerprint density at radius 2 is 2.19 bits per heavy atom. The van der Waals surface area contributed by atoms with Crippen LogP contribution in [0.3, 0.4) is 0 Å². The maximum absolute atomic E-state index is 12.9. The Balaban J connectivity index is 1.91. The van der Waals surface area contributed by atoms with Gasteiger partial charge in [0.1, 0.15) is 5.75 Å². The van der Waals surface area contributed by atoms with Crippen molar-refractivity contribution in [1.29, 1.82) is 0 Å². The highest BCUT2D eigenvalue weighted by Crippen LogP contribution is 2.36. The molecule has 2 amide bonds. The molecule has 0 fully saturated rings. The number of amides is 2. The van der Waals surface area contributed by atoms with E-state index in [1.54, 1.807) is 36.5 Å². The van der Waals surface area contributed by atoms with Gasteiger partial charge >= 0.3 is 0 Å². The Bertz CT molecular complexity index is 873. The summed E-state index contributed by atoms with van der Waals surface area (Å²) in [6, 6.07) is 8.16. The van der Waals surface area contributed by atoms with Crippen LogP contribution < -0.4 is 19.7 Å². The first-order chi connectivity index (χ1) is 12.4. The minimum Gasteiger partial charge on any atom is -0.495 e. The van der Waals surface area contributed by atoms with E-state index in [4.69, 9.17) is 21.1 Å². The number of carbonyl (C=O) groups excluding carboxylic acids is 2. The second kappa shape index (κ2) is 6.84. The van der Waals surface area contributed by atoms with Gasteiger partial charge in [-0.2, -0.15) is 0 Å². The summed E-state index contributed by atoms with van der Waals surface area (Å²) in [6.45, 7) is 3.61. The Kier molecular flexibility index (Phi) is 4.73. The zero-order valence-corrected chi connectivity index (χ0v) is 15.3. The van der Waals surface area contributed by atoms with Crippen molar-refractivity contribution in [2.75, 3.05) is 23.9 Å². The van der Waals surface area contributed by atoms with Crippen LogP contribution in [-0.4, -0.2) is 36.1 Å². The fourth-order valence-corrected chi connectivity index (χ4v) is 2.97. The van der Waals surface area contributed by atoms with Crippen molar-refractivity contribution >= 4 is 34.9 Å². The first kappa shape index (κ1) is 18.0. The molecule has 0 saturated carbocycles. The Morgan fingerprint density at radius 3 is 2.85 bits per heavy atom. The van der Waals surface area contributed by atoms with Crippen LogP contribution in [0, 0.1) is 0 Å². The first-order valence-electron chi connectivity index (χ1n) is 8.01. The summed E-state index contributed by atoms with van der Waals surface area (Å²) in [5, 5.41) is 3.02. The summed E-state index contributed by atoms with van der Waals surface area (Å²) in [5.41, 5.74) is -1.29. The van der Waals surface area contributed by atoms with E-state index in [1.165, 1.54) is 18.9 Å². The third kappa shape index (κ3) is 2.94. The van der Waals surface area contributed by atoms with Gasteiger partial charge in [0.05, 0.1) is 12.1 Å². The number of aromatic nitrogens is 1. The van der Waals surface area contributed by atoms with E-state index in [9.17, 15) is 9.59 Å². The fourth-order valence-electron chi connectivity index (χ4n) is 2.71. The van der Waals surface area contributed by atoms with Crippen LogP contribution in [0.15, 0.2) is 36.5 Å². The van der Waals surface area contributed by atoms with Gasteiger partial charge in [-0.3, -0.25) is 14.5 Å². The molecule has 0 radical (unpaired) electrons. The van der Waals surface area contributed by atoms with Crippen LogP contribution in [-0.2, 0) is 9.59 Å². The van der Waals surface area contributed by atoms with E-state index in [1.807, 2.05) is 6.92 Å². The molecule has 1 aliphatic heterocycles. The second-order valence-corrected chi connectivity index (χ2v) is 6.22. The number of halogens is 1. The summed E-state index contributed by atoms with van der Waals surface area (Å²) in [6.07, 6.45) is 1.57. The smallest absolute Gasteiger partial charge is 0.282 e. The van der Waals surface area contributed by atoms with Crippen molar-refractivity contribution in [1.82, 2.24) is 4.98 Å². The van der Waals surface area contributed by atoms with E-state index < -0.39 is 17.4 Å². The van der Waals surface area contributed by atoms with Crippen molar-refractivity contribution in [3.05, 3.63) is 41.6 Å². The predicted molar refractivity (Wildman–Crippen MR) is 97.9 cm³/mol. The number of anilines is 2. The second-order valence-electron chi connectivity index (χ2n) is 5.81. The Labute approximate surface area is 155 Å². The van der Waals surface area contributed by atoms with Crippen LogP contribution in [0.1, 0.15) is 13.8 Å². The lowest BCUT2D eigenvalue weighted by Gasteiger charge is -2.38.